The molecule has 0 spiro atoms. The minimum absolute atomic E-state index is 0. The SMILES string of the molecule is CC1(C)CC(NC(=O)c2n[nH]c3ccccc23)c2cc(N)ccc2O1.Cl. The van der Waals surface area contributed by atoms with E-state index in [0.717, 1.165) is 22.2 Å². The van der Waals surface area contributed by atoms with E-state index in [0.29, 0.717) is 17.8 Å². The molecule has 0 saturated carbocycles. The number of aromatic amines is 1. The van der Waals surface area contributed by atoms with E-state index in [-0.39, 0.29) is 30.0 Å². The number of para-hydroxylation sites is 1. The lowest BCUT2D eigenvalue weighted by Gasteiger charge is -2.38. The van der Waals surface area contributed by atoms with Crippen LogP contribution in [0.4, 0.5) is 5.69 Å². The van der Waals surface area contributed by atoms with E-state index in [4.69, 9.17) is 10.5 Å². The number of halogens is 1. The molecule has 1 amide bonds. The van der Waals surface area contributed by atoms with Gasteiger partial charge in [0.15, 0.2) is 5.69 Å². The Morgan fingerprint density at radius 1 is 1.31 bits per heavy atom. The number of nitrogens with two attached hydrogens (primary N) is 1. The molecule has 7 heteroatoms. The summed E-state index contributed by atoms with van der Waals surface area (Å²) in [6.45, 7) is 4.02. The third-order valence-corrected chi connectivity index (χ3v) is 4.48. The predicted molar refractivity (Wildman–Crippen MR) is 104 cm³/mol. The number of carbonyl (C=O) groups is 1. The minimum Gasteiger partial charge on any atom is -0.487 e. The highest BCUT2D eigenvalue weighted by Gasteiger charge is 2.35. The predicted octanol–water partition coefficient (Wildman–Crippen LogP) is 3.60. The molecule has 4 N–H and O–H groups in total. The normalized spacial score (nSPS) is 17.7. The van der Waals surface area contributed by atoms with Crippen molar-refractivity contribution < 1.29 is 9.53 Å². The number of benzene rings is 2. The summed E-state index contributed by atoms with van der Waals surface area (Å²) in [6, 6.07) is 12.9. The maximum atomic E-state index is 12.8. The van der Waals surface area contributed by atoms with Crippen LogP contribution >= 0.6 is 12.4 Å². The van der Waals surface area contributed by atoms with Crippen molar-refractivity contribution in [2.75, 3.05) is 5.73 Å². The fourth-order valence-electron chi connectivity index (χ4n) is 3.36. The monoisotopic (exact) mass is 372 g/mol. The van der Waals surface area contributed by atoms with Gasteiger partial charge in [0.25, 0.3) is 5.91 Å². The van der Waals surface area contributed by atoms with Crippen molar-refractivity contribution in [2.24, 2.45) is 0 Å². The first-order valence-electron chi connectivity index (χ1n) is 8.25. The van der Waals surface area contributed by atoms with Crippen molar-refractivity contribution in [3.63, 3.8) is 0 Å². The Morgan fingerprint density at radius 2 is 2.08 bits per heavy atom. The van der Waals surface area contributed by atoms with Gasteiger partial charge in [-0.3, -0.25) is 9.89 Å². The molecule has 1 aromatic heterocycles. The Kier molecular flexibility index (Phi) is 4.54. The van der Waals surface area contributed by atoms with Crippen LogP contribution < -0.4 is 15.8 Å². The molecular weight excluding hydrogens is 352 g/mol. The quantitative estimate of drug-likeness (QED) is 0.599. The third-order valence-electron chi connectivity index (χ3n) is 4.48. The maximum Gasteiger partial charge on any atom is 0.272 e. The molecule has 2 heterocycles. The highest BCUT2D eigenvalue weighted by Crippen LogP contribution is 2.40. The van der Waals surface area contributed by atoms with Crippen LogP contribution in [-0.2, 0) is 0 Å². The van der Waals surface area contributed by atoms with Crippen LogP contribution in [-0.4, -0.2) is 21.7 Å². The van der Waals surface area contributed by atoms with E-state index in [9.17, 15) is 4.79 Å². The van der Waals surface area contributed by atoms with Crippen LogP contribution in [0.2, 0.25) is 0 Å². The largest absolute Gasteiger partial charge is 0.487 e. The summed E-state index contributed by atoms with van der Waals surface area (Å²) in [7, 11) is 0. The molecule has 1 unspecified atom stereocenters. The van der Waals surface area contributed by atoms with Crippen molar-refractivity contribution >= 4 is 34.9 Å². The number of anilines is 1. The summed E-state index contributed by atoms with van der Waals surface area (Å²) in [6.07, 6.45) is 0.650. The van der Waals surface area contributed by atoms with Gasteiger partial charge < -0.3 is 15.8 Å². The molecule has 4 rings (SSSR count). The van der Waals surface area contributed by atoms with Gasteiger partial charge in [0.2, 0.25) is 0 Å². The second-order valence-corrected chi connectivity index (χ2v) is 7.01. The molecular formula is C19H21ClN4O2. The molecule has 1 atom stereocenters. The topological polar surface area (TPSA) is 93.0 Å². The zero-order chi connectivity index (χ0) is 17.6. The Morgan fingerprint density at radius 3 is 2.88 bits per heavy atom. The molecule has 1 aliphatic heterocycles. The molecule has 2 aromatic carbocycles. The lowest BCUT2D eigenvalue weighted by molar-refractivity contribution is 0.0619. The fourth-order valence-corrected chi connectivity index (χ4v) is 3.36. The Bertz CT molecular complexity index is 967. The number of fused-ring (bicyclic) bond motifs is 2. The zero-order valence-electron chi connectivity index (χ0n) is 14.6. The molecule has 136 valence electrons. The van der Waals surface area contributed by atoms with Gasteiger partial charge in [-0.25, -0.2) is 0 Å². The molecule has 3 aromatic rings. The van der Waals surface area contributed by atoms with E-state index in [2.05, 4.69) is 15.5 Å². The van der Waals surface area contributed by atoms with Gasteiger partial charge in [0.05, 0.1) is 11.6 Å². The third kappa shape index (κ3) is 3.20. The summed E-state index contributed by atoms with van der Waals surface area (Å²) in [4.78, 5) is 12.8. The first-order chi connectivity index (χ1) is 11.9. The summed E-state index contributed by atoms with van der Waals surface area (Å²) in [5, 5.41) is 11.0. The first kappa shape index (κ1) is 18.1. The number of amides is 1. The number of ether oxygens (including phenoxy) is 1. The van der Waals surface area contributed by atoms with Gasteiger partial charge in [-0.1, -0.05) is 18.2 Å². The number of nitrogen functional groups attached to an aromatic ring is 1. The first-order valence-corrected chi connectivity index (χ1v) is 8.25. The average molecular weight is 373 g/mol. The standard InChI is InChI=1S/C19H20N4O2.ClH/c1-19(2)10-15(13-9-11(20)7-8-16(13)25-19)21-18(24)17-12-5-3-4-6-14(12)22-23-17;/h3-9,15H,10,20H2,1-2H3,(H,21,24)(H,22,23);1H. The Hall–Kier alpha value is -2.73. The number of nitrogens with zero attached hydrogens (tertiary/aromatic N) is 1. The van der Waals surface area contributed by atoms with Crippen LogP contribution in [0, 0.1) is 0 Å². The van der Waals surface area contributed by atoms with Crippen LogP contribution in [0.15, 0.2) is 42.5 Å². The number of carbonyl (C=O) groups excluding carboxylic acids is 1. The van der Waals surface area contributed by atoms with Crippen LogP contribution in [0.1, 0.15) is 42.4 Å². The molecule has 6 nitrogen and oxygen atoms in total. The molecule has 0 bridgehead atoms. The van der Waals surface area contributed by atoms with E-state index >= 15 is 0 Å². The van der Waals surface area contributed by atoms with Crippen LogP contribution in [0.5, 0.6) is 5.75 Å². The van der Waals surface area contributed by atoms with E-state index in [1.165, 1.54) is 0 Å². The minimum atomic E-state index is -0.380. The summed E-state index contributed by atoms with van der Waals surface area (Å²) in [5.41, 5.74) is 8.32. The second kappa shape index (κ2) is 6.53. The molecule has 0 aliphatic carbocycles. The lowest BCUT2D eigenvalue weighted by atomic mass is 9.89. The van der Waals surface area contributed by atoms with E-state index < -0.39 is 0 Å². The van der Waals surface area contributed by atoms with Crippen LogP contribution in [0.3, 0.4) is 0 Å². The molecule has 0 saturated heterocycles. The molecule has 1 aliphatic rings. The number of hydrogen-bond acceptors (Lipinski definition) is 4. The van der Waals surface area contributed by atoms with Crippen molar-refractivity contribution in [3.05, 3.63) is 53.7 Å². The average Bonchev–Trinajstić information content (AvgIpc) is 2.99. The molecule has 0 fully saturated rings. The number of aromatic nitrogens is 2. The molecule has 26 heavy (non-hydrogen) atoms. The number of H-pyrrole nitrogens is 1. The van der Waals surface area contributed by atoms with Gasteiger partial charge in [0, 0.05) is 23.1 Å². The van der Waals surface area contributed by atoms with Crippen molar-refractivity contribution in [1.29, 1.82) is 0 Å². The summed E-state index contributed by atoms with van der Waals surface area (Å²) >= 11 is 0. The highest BCUT2D eigenvalue weighted by atomic mass is 35.5. The lowest BCUT2D eigenvalue weighted by Crippen LogP contribution is -2.41. The fraction of sp³-hybridized carbons (Fsp3) is 0.263. The van der Waals surface area contributed by atoms with Gasteiger partial charge in [-0.05, 0) is 38.1 Å². The van der Waals surface area contributed by atoms with Crippen molar-refractivity contribution in [2.45, 2.75) is 31.9 Å². The Balaban J connectivity index is 0.00000196. The number of nitrogens with one attached hydrogen (secondary N) is 2. The molecule has 0 radical (unpaired) electrons. The smallest absolute Gasteiger partial charge is 0.272 e. The van der Waals surface area contributed by atoms with Crippen molar-refractivity contribution in [3.8, 4) is 5.75 Å². The van der Waals surface area contributed by atoms with Crippen molar-refractivity contribution in [1.82, 2.24) is 15.5 Å². The zero-order valence-corrected chi connectivity index (χ0v) is 15.4. The van der Waals surface area contributed by atoms with Crippen LogP contribution in [0.25, 0.3) is 10.9 Å². The van der Waals surface area contributed by atoms with Gasteiger partial charge in [0.1, 0.15) is 11.4 Å². The van der Waals surface area contributed by atoms with E-state index in [1.807, 2.05) is 50.2 Å². The Labute approximate surface area is 157 Å². The summed E-state index contributed by atoms with van der Waals surface area (Å²) in [5.74, 6) is 0.538. The van der Waals surface area contributed by atoms with E-state index in [1.54, 1.807) is 6.07 Å². The van der Waals surface area contributed by atoms with Gasteiger partial charge >= 0.3 is 0 Å². The highest BCUT2D eigenvalue weighted by molar-refractivity contribution is 6.04. The van der Waals surface area contributed by atoms with Gasteiger partial charge in [-0.15, -0.1) is 12.4 Å². The number of rotatable bonds is 2. The summed E-state index contributed by atoms with van der Waals surface area (Å²) < 4.78 is 6.02. The second-order valence-electron chi connectivity index (χ2n) is 7.01. The number of hydrogen-bond donors (Lipinski definition) is 3. The van der Waals surface area contributed by atoms with Gasteiger partial charge in [-0.2, -0.15) is 5.10 Å². The maximum absolute atomic E-state index is 12.8.